The predicted molar refractivity (Wildman–Crippen MR) is 124 cm³/mol. The van der Waals surface area contributed by atoms with Crippen LogP contribution in [0.3, 0.4) is 0 Å². The van der Waals surface area contributed by atoms with E-state index in [0.717, 1.165) is 0 Å². The molecule has 3 aromatic rings. The Bertz CT molecular complexity index is 1220. The van der Waals surface area contributed by atoms with Crippen molar-refractivity contribution in [3.8, 4) is 0 Å². The van der Waals surface area contributed by atoms with Crippen LogP contribution < -0.4 is 0 Å². The molecule has 0 amide bonds. The molecule has 1 aromatic carbocycles. The van der Waals surface area contributed by atoms with E-state index in [1.807, 2.05) is 18.2 Å². The third-order valence-electron chi connectivity index (χ3n) is 4.74. The van der Waals surface area contributed by atoms with Crippen molar-refractivity contribution < 1.29 is 22.7 Å². The quantitative estimate of drug-likeness (QED) is 0.448. The second-order valence-corrected chi connectivity index (χ2v) is 10.9. The number of rotatable bonds is 7. The molecule has 2 aromatic heterocycles. The van der Waals surface area contributed by atoms with Gasteiger partial charge in [0.25, 0.3) is 0 Å². The topological polar surface area (TPSA) is 98.7 Å². The lowest BCUT2D eigenvalue weighted by Gasteiger charge is -2.27. The van der Waals surface area contributed by atoms with Crippen LogP contribution in [0.4, 0.5) is 0 Å². The lowest BCUT2D eigenvalue weighted by molar-refractivity contribution is 0.0596. The largest absolute Gasteiger partial charge is 0.465 e. The highest BCUT2D eigenvalue weighted by Gasteiger charge is 2.31. The second kappa shape index (κ2) is 10.7. The fourth-order valence-corrected chi connectivity index (χ4v) is 6.88. The van der Waals surface area contributed by atoms with E-state index in [-0.39, 0.29) is 23.5 Å². The Labute approximate surface area is 200 Å². The van der Waals surface area contributed by atoms with Gasteiger partial charge in [0.2, 0.25) is 10.0 Å². The molecule has 3 heterocycles. The van der Waals surface area contributed by atoms with Gasteiger partial charge >= 0.3 is 5.97 Å². The number of morpholine rings is 1. The van der Waals surface area contributed by atoms with Crippen molar-refractivity contribution in [2.24, 2.45) is 0 Å². The first kappa shape index (κ1) is 23.7. The molecule has 0 spiro atoms. The van der Waals surface area contributed by atoms with Crippen LogP contribution in [0.1, 0.15) is 10.4 Å². The Balaban J connectivity index is 1.86. The minimum absolute atomic E-state index is 0.0332. The molecule has 0 N–H and O–H groups in total. The Morgan fingerprint density at radius 2 is 1.58 bits per heavy atom. The number of carbonyl (C=O) groups is 1. The summed E-state index contributed by atoms with van der Waals surface area (Å²) in [7, 11) is -2.63. The molecule has 1 aliphatic rings. The van der Waals surface area contributed by atoms with E-state index in [4.69, 9.17) is 9.47 Å². The van der Waals surface area contributed by atoms with Gasteiger partial charge in [-0.1, -0.05) is 35.7 Å². The molecule has 0 unspecified atom stereocenters. The summed E-state index contributed by atoms with van der Waals surface area (Å²) in [5.41, 5.74) is 0.158. The lowest BCUT2D eigenvalue weighted by atomic mass is 10.2. The molecule has 4 rings (SSSR count). The number of pyridine rings is 2. The van der Waals surface area contributed by atoms with Crippen LogP contribution in [0.2, 0.25) is 0 Å². The maximum absolute atomic E-state index is 13.6. The number of nitrogens with zero attached hydrogens (tertiary/aromatic N) is 3. The van der Waals surface area contributed by atoms with Crippen molar-refractivity contribution in [2.75, 3.05) is 33.4 Å². The number of carbonyl (C=O) groups excluding carboxylic acids is 1. The Morgan fingerprint density at radius 3 is 2.12 bits per heavy atom. The van der Waals surface area contributed by atoms with Gasteiger partial charge in [0.05, 0.1) is 30.8 Å². The van der Waals surface area contributed by atoms with Crippen LogP contribution in [-0.4, -0.2) is 62.1 Å². The average Bonchev–Trinajstić information content (AvgIpc) is 2.85. The molecule has 0 atom stereocenters. The average molecular weight is 504 g/mol. The SMILES string of the molecule is COC(=O)c1cc(S(=O)(=O)N2CCOCC2)c(Sc2ccccn2)cc1Sc1ccccn1. The Kier molecular flexibility index (Phi) is 7.66. The monoisotopic (exact) mass is 503 g/mol. The van der Waals surface area contributed by atoms with Crippen molar-refractivity contribution >= 4 is 39.5 Å². The molecular weight excluding hydrogens is 482 g/mol. The summed E-state index contributed by atoms with van der Waals surface area (Å²) in [5, 5.41) is 1.30. The normalized spacial score (nSPS) is 14.7. The van der Waals surface area contributed by atoms with Gasteiger partial charge in [-0.15, -0.1) is 0 Å². The van der Waals surface area contributed by atoms with Gasteiger partial charge in [-0.25, -0.2) is 23.2 Å². The van der Waals surface area contributed by atoms with Gasteiger partial charge in [0.15, 0.2) is 0 Å². The fourth-order valence-electron chi connectivity index (χ4n) is 3.14. The lowest BCUT2D eigenvalue weighted by Crippen LogP contribution is -2.40. The molecule has 0 bridgehead atoms. The number of hydrogen-bond donors (Lipinski definition) is 0. The van der Waals surface area contributed by atoms with E-state index in [2.05, 4.69) is 9.97 Å². The third kappa shape index (κ3) is 5.56. The summed E-state index contributed by atoms with van der Waals surface area (Å²) in [5.74, 6) is -0.624. The first-order valence-corrected chi connectivity index (χ1v) is 13.1. The molecule has 11 heteroatoms. The van der Waals surface area contributed by atoms with E-state index in [1.165, 1.54) is 41.0 Å². The predicted octanol–water partition coefficient (Wildman–Crippen LogP) is 3.59. The smallest absolute Gasteiger partial charge is 0.339 e. The zero-order valence-electron chi connectivity index (χ0n) is 17.7. The van der Waals surface area contributed by atoms with Crippen molar-refractivity contribution in [3.63, 3.8) is 0 Å². The molecule has 1 saturated heterocycles. The van der Waals surface area contributed by atoms with Crippen LogP contribution in [0.15, 0.2) is 85.7 Å². The highest BCUT2D eigenvalue weighted by molar-refractivity contribution is 8.00. The molecule has 0 saturated carbocycles. The highest BCUT2D eigenvalue weighted by Crippen LogP contribution is 2.40. The van der Waals surface area contributed by atoms with Gasteiger partial charge in [0.1, 0.15) is 10.1 Å². The molecule has 172 valence electrons. The molecular formula is C22H21N3O5S3. The molecule has 0 radical (unpaired) electrons. The van der Waals surface area contributed by atoms with Gasteiger partial charge in [0, 0.05) is 35.3 Å². The second-order valence-electron chi connectivity index (χ2n) is 6.84. The van der Waals surface area contributed by atoms with Gasteiger partial charge in [-0.2, -0.15) is 4.31 Å². The van der Waals surface area contributed by atoms with Crippen LogP contribution in [0, 0.1) is 0 Å². The van der Waals surface area contributed by atoms with E-state index >= 15 is 0 Å². The van der Waals surface area contributed by atoms with Crippen LogP contribution >= 0.6 is 23.5 Å². The van der Waals surface area contributed by atoms with Crippen molar-refractivity contribution in [2.45, 2.75) is 24.7 Å². The maximum Gasteiger partial charge on any atom is 0.339 e. The van der Waals surface area contributed by atoms with Crippen LogP contribution in [0.25, 0.3) is 0 Å². The van der Waals surface area contributed by atoms with Gasteiger partial charge < -0.3 is 9.47 Å². The van der Waals surface area contributed by atoms with Crippen molar-refractivity contribution in [3.05, 3.63) is 66.5 Å². The number of benzene rings is 1. The van der Waals surface area contributed by atoms with Gasteiger partial charge in [-0.3, -0.25) is 0 Å². The zero-order chi connectivity index (χ0) is 23.3. The molecule has 33 heavy (non-hydrogen) atoms. The van der Waals surface area contributed by atoms with Crippen LogP contribution in [0.5, 0.6) is 0 Å². The van der Waals surface area contributed by atoms with Crippen LogP contribution in [-0.2, 0) is 19.5 Å². The van der Waals surface area contributed by atoms with Crippen molar-refractivity contribution in [1.29, 1.82) is 0 Å². The number of ether oxygens (including phenoxy) is 2. The molecule has 1 fully saturated rings. The summed E-state index contributed by atoms with van der Waals surface area (Å²) in [6.45, 7) is 1.13. The maximum atomic E-state index is 13.6. The summed E-state index contributed by atoms with van der Waals surface area (Å²) >= 11 is 2.49. The first-order chi connectivity index (χ1) is 16.0. The van der Waals surface area contributed by atoms with E-state index in [9.17, 15) is 13.2 Å². The highest BCUT2D eigenvalue weighted by atomic mass is 32.2. The minimum Gasteiger partial charge on any atom is -0.465 e. The molecule has 1 aliphatic heterocycles. The Morgan fingerprint density at radius 1 is 0.970 bits per heavy atom. The third-order valence-corrected chi connectivity index (χ3v) is 8.83. The summed E-state index contributed by atoms with van der Waals surface area (Å²) in [6, 6.07) is 14.0. The number of aromatic nitrogens is 2. The summed E-state index contributed by atoms with van der Waals surface area (Å²) in [4.78, 5) is 22.3. The first-order valence-electron chi connectivity index (χ1n) is 10.0. The van der Waals surface area contributed by atoms with Gasteiger partial charge in [-0.05, 0) is 36.4 Å². The van der Waals surface area contributed by atoms with E-state index < -0.39 is 16.0 Å². The number of hydrogen-bond acceptors (Lipinski definition) is 9. The van der Waals surface area contributed by atoms with E-state index in [1.54, 1.807) is 36.7 Å². The summed E-state index contributed by atoms with van der Waals surface area (Å²) < 4.78 is 38.9. The molecule has 0 aliphatic carbocycles. The fraction of sp³-hybridized carbons (Fsp3) is 0.227. The van der Waals surface area contributed by atoms with E-state index in [0.29, 0.717) is 33.1 Å². The number of sulfonamides is 1. The standard InChI is InChI=1S/C22H21N3O5S3/c1-29-22(26)16-14-19(33(27,28)25-10-12-30-13-11-25)18(32-21-7-3-5-9-24-21)15-17(16)31-20-6-2-4-8-23-20/h2-9,14-15H,10-13H2,1H3. The number of esters is 1. The minimum atomic E-state index is -3.89. The zero-order valence-corrected chi connectivity index (χ0v) is 20.2. The summed E-state index contributed by atoms with van der Waals surface area (Å²) in [6.07, 6.45) is 3.30. The Hall–Kier alpha value is -2.44. The number of methoxy groups -OCH3 is 1. The molecule has 8 nitrogen and oxygen atoms in total. The van der Waals surface area contributed by atoms with Crippen molar-refractivity contribution in [1.82, 2.24) is 14.3 Å².